The van der Waals surface area contributed by atoms with Gasteiger partial charge in [-0.2, -0.15) is 4.98 Å². The van der Waals surface area contributed by atoms with Gasteiger partial charge in [0.2, 0.25) is 9.84 Å². The van der Waals surface area contributed by atoms with Crippen LogP contribution < -0.4 is 5.32 Å². The van der Waals surface area contributed by atoms with Crippen LogP contribution in [0.25, 0.3) is 11.1 Å². The van der Waals surface area contributed by atoms with Crippen molar-refractivity contribution >= 4 is 26.6 Å². The molecule has 1 aliphatic rings. The molecule has 1 N–H and O–H groups in total. The van der Waals surface area contributed by atoms with Crippen LogP contribution in [0, 0.1) is 10.1 Å². The fourth-order valence-electron chi connectivity index (χ4n) is 2.54. The van der Waals surface area contributed by atoms with Gasteiger partial charge in [-0.15, -0.1) is 0 Å². The number of hydrogen-bond acceptors (Lipinski definition) is 7. The van der Waals surface area contributed by atoms with E-state index in [1.807, 2.05) is 0 Å². The molecule has 2 heterocycles. The van der Waals surface area contributed by atoms with Gasteiger partial charge in [0.15, 0.2) is 5.58 Å². The molecule has 1 aliphatic heterocycles. The van der Waals surface area contributed by atoms with Crippen molar-refractivity contribution in [2.45, 2.75) is 30.5 Å². The third kappa shape index (κ3) is 2.95. The van der Waals surface area contributed by atoms with Crippen molar-refractivity contribution in [2.24, 2.45) is 0 Å². The molecule has 22 heavy (non-hydrogen) atoms. The van der Waals surface area contributed by atoms with E-state index in [-0.39, 0.29) is 33.8 Å². The third-order valence-electron chi connectivity index (χ3n) is 3.66. The zero-order chi connectivity index (χ0) is 15.7. The summed E-state index contributed by atoms with van der Waals surface area (Å²) in [6.45, 7) is 0.805. The quantitative estimate of drug-likeness (QED) is 0.671. The van der Waals surface area contributed by atoms with Crippen LogP contribution in [0.1, 0.15) is 19.3 Å². The highest BCUT2D eigenvalue weighted by molar-refractivity contribution is 7.91. The molecular weight excluding hydrogens is 310 g/mol. The van der Waals surface area contributed by atoms with E-state index in [1.54, 1.807) is 0 Å². The van der Waals surface area contributed by atoms with E-state index in [0.29, 0.717) is 0 Å². The maximum atomic E-state index is 12.4. The second kappa shape index (κ2) is 5.65. The highest BCUT2D eigenvalue weighted by atomic mass is 32.2. The molecule has 1 saturated heterocycles. The van der Waals surface area contributed by atoms with Gasteiger partial charge in [-0.25, -0.2) is 8.42 Å². The van der Waals surface area contributed by atoms with Crippen LogP contribution in [0.2, 0.25) is 0 Å². The smallest absolute Gasteiger partial charge is 0.316 e. The normalized spacial score (nSPS) is 19.4. The zero-order valence-electron chi connectivity index (χ0n) is 11.7. The van der Waals surface area contributed by atoms with E-state index >= 15 is 0 Å². The van der Waals surface area contributed by atoms with Crippen LogP contribution in [0.15, 0.2) is 27.8 Å². The molecule has 1 aromatic carbocycles. The number of sulfone groups is 1. The molecule has 0 unspecified atom stereocenters. The molecule has 1 atom stereocenters. The van der Waals surface area contributed by atoms with Crippen LogP contribution in [0.5, 0.6) is 0 Å². The molecule has 0 spiro atoms. The van der Waals surface area contributed by atoms with E-state index in [4.69, 9.17) is 4.42 Å². The molecule has 1 aromatic heterocycles. The van der Waals surface area contributed by atoms with Gasteiger partial charge < -0.3 is 9.73 Å². The predicted molar refractivity (Wildman–Crippen MR) is 78.4 cm³/mol. The lowest BCUT2D eigenvalue weighted by Crippen LogP contribution is -2.39. The van der Waals surface area contributed by atoms with Crippen LogP contribution in [0.4, 0.5) is 5.69 Å². The highest BCUT2D eigenvalue weighted by Gasteiger charge is 2.27. The first-order valence-electron chi connectivity index (χ1n) is 6.97. The van der Waals surface area contributed by atoms with Gasteiger partial charge in [0, 0.05) is 18.2 Å². The fraction of sp³-hybridized carbons (Fsp3) is 0.462. The number of piperidine rings is 1. The highest BCUT2D eigenvalue weighted by Crippen LogP contribution is 2.24. The summed E-state index contributed by atoms with van der Waals surface area (Å²) in [5.74, 6) is -0.0814. The lowest BCUT2D eigenvalue weighted by molar-refractivity contribution is -0.384. The minimum absolute atomic E-state index is 0.0814. The van der Waals surface area contributed by atoms with Crippen LogP contribution in [-0.4, -0.2) is 36.7 Å². The van der Waals surface area contributed by atoms with Crippen LogP contribution in [0.3, 0.4) is 0 Å². The summed E-state index contributed by atoms with van der Waals surface area (Å²) in [6, 6.07) is 3.71. The molecule has 0 amide bonds. The topological polar surface area (TPSA) is 115 Å². The van der Waals surface area contributed by atoms with E-state index in [2.05, 4.69) is 10.3 Å². The Morgan fingerprint density at radius 2 is 2.23 bits per heavy atom. The van der Waals surface area contributed by atoms with E-state index in [1.165, 1.54) is 18.2 Å². The van der Waals surface area contributed by atoms with Crippen molar-refractivity contribution in [3.8, 4) is 0 Å². The number of nitro groups is 1. The molecule has 118 valence electrons. The molecular formula is C13H15N3O5S. The maximum absolute atomic E-state index is 12.4. The van der Waals surface area contributed by atoms with Crippen molar-refractivity contribution in [2.75, 3.05) is 12.3 Å². The van der Waals surface area contributed by atoms with Crippen LogP contribution in [-0.2, 0) is 9.84 Å². The molecule has 9 heteroatoms. The first-order chi connectivity index (χ1) is 10.5. The van der Waals surface area contributed by atoms with Crippen molar-refractivity contribution in [1.29, 1.82) is 0 Å². The van der Waals surface area contributed by atoms with Gasteiger partial charge >= 0.3 is 5.22 Å². The lowest BCUT2D eigenvalue weighted by Gasteiger charge is -2.22. The number of non-ortho nitro benzene ring substituents is 1. The number of nitrogens with one attached hydrogen (secondary N) is 1. The summed E-state index contributed by atoms with van der Waals surface area (Å²) in [7, 11) is -3.66. The minimum atomic E-state index is -3.66. The number of fused-ring (bicyclic) bond motifs is 1. The number of hydrogen-bond donors (Lipinski definition) is 1. The SMILES string of the molecule is O=[N+]([O-])c1ccc2oc(S(=O)(=O)C[C@H]3CCCCN3)nc2c1. The summed E-state index contributed by atoms with van der Waals surface area (Å²) < 4.78 is 30.0. The van der Waals surface area contributed by atoms with Crippen LogP contribution >= 0.6 is 0 Å². The Morgan fingerprint density at radius 3 is 2.91 bits per heavy atom. The zero-order valence-corrected chi connectivity index (χ0v) is 12.5. The summed E-state index contributed by atoms with van der Waals surface area (Å²) in [5, 5.41) is 13.5. The van der Waals surface area contributed by atoms with Crippen molar-refractivity contribution in [3.63, 3.8) is 0 Å². The third-order valence-corrected chi connectivity index (χ3v) is 5.21. The Labute approximate surface area is 126 Å². The Kier molecular flexibility index (Phi) is 3.83. The number of aromatic nitrogens is 1. The summed E-state index contributed by atoms with van der Waals surface area (Å²) in [4.78, 5) is 14.1. The standard InChI is InChI=1S/C13H15N3O5S/c17-16(18)10-4-5-12-11(7-10)15-13(21-12)22(19,20)8-9-3-1-2-6-14-9/h4-5,7,9,14H,1-3,6,8H2/t9-/m1/s1. The number of nitro benzene ring substituents is 1. The largest absolute Gasteiger partial charge is 0.428 e. The number of rotatable bonds is 4. The van der Waals surface area contributed by atoms with Gasteiger partial charge in [-0.3, -0.25) is 10.1 Å². The average molecular weight is 325 g/mol. The minimum Gasteiger partial charge on any atom is -0.428 e. The summed E-state index contributed by atoms with van der Waals surface area (Å²) in [5.41, 5.74) is 0.240. The first-order valence-corrected chi connectivity index (χ1v) is 8.62. The Balaban J connectivity index is 1.89. The monoisotopic (exact) mass is 325 g/mol. The molecule has 1 fully saturated rings. The lowest BCUT2D eigenvalue weighted by atomic mass is 10.1. The Hall–Kier alpha value is -2.00. The maximum Gasteiger partial charge on any atom is 0.316 e. The fourth-order valence-corrected chi connectivity index (χ4v) is 3.95. The molecule has 0 radical (unpaired) electrons. The van der Waals surface area contributed by atoms with Gasteiger partial charge in [-0.1, -0.05) is 6.42 Å². The van der Waals surface area contributed by atoms with E-state index < -0.39 is 14.8 Å². The summed E-state index contributed by atoms with van der Waals surface area (Å²) in [6.07, 6.45) is 2.83. The molecule has 3 rings (SSSR count). The number of oxazole rings is 1. The van der Waals surface area contributed by atoms with Gasteiger partial charge in [-0.05, 0) is 25.5 Å². The second-order valence-electron chi connectivity index (χ2n) is 5.32. The Bertz CT molecular complexity index is 808. The molecule has 8 nitrogen and oxygen atoms in total. The summed E-state index contributed by atoms with van der Waals surface area (Å²) >= 11 is 0. The second-order valence-corrected chi connectivity index (χ2v) is 7.23. The van der Waals surface area contributed by atoms with Gasteiger partial charge in [0.25, 0.3) is 5.69 Å². The van der Waals surface area contributed by atoms with Gasteiger partial charge in [0.1, 0.15) is 5.52 Å². The first kappa shape index (κ1) is 14.9. The molecule has 2 aromatic rings. The molecule has 0 saturated carbocycles. The van der Waals surface area contributed by atoms with Gasteiger partial charge in [0.05, 0.1) is 10.7 Å². The van der Waals surface area contributed by atoms with E-state index in [0.717, 1.165) is 25.8 Å². The van der Waals surface area contributed by atoms with Crippen molar-refractivity contribution in [3.05, 3.63) is 28.3 Å². The predicted octanol–water partition coefficient (Wildman–Crippen LogP) is 1.65. The van der Waals surface area contributed by atoms with Crippen molar-refractivity contribution < 1.29 is 17.8 Å². The number of benzene rings is 1. The van der Waals surface area contributed by atoms with Crippen molar-refractivity contribution in [1.82, 2.24) is 10.3 Å². The number of nitrogens with zero attached hydrogens (tertiary/aromatic N) is 2. The molecule has 0 bridgehead atoms. The Morgan fingerprint density at radius 1 is 1.41 bits per heavy atom. The van der Waals surface area contributed by atoms with E-state index in [9.17, 15) is 18.5 Å². The average Bonchev–Trinajstić information content (AvgIpc) is 2.91. The molecule has 0 aliphatic carbocycles.